The molecule has 1 heterocycles. The van der Waals surface area contributed by atoms with Crippen LogP contribution in [0, 0.1) is 6.92 Å². The molecule has 2 aromatic carbocycles. The standard InChI is InChI=1S/C20H14BrCl2NO2/c1-12-10-13(21)2-7-18(12)24-20(25)9-5-15-4-8-19(26-15)16-6-3-14(22)11-17(16)23/h2-11H,1H3,(H,24,25)/b9-5+. The van der Waals surface area contributed by atoms with Gasteiger partial charge >= 0.3 is 0 Å². The molecule has 1 aromatic heterocycles. The van der Waals surface area contributed by atoms with Gasteiger partial charge in [-0.1, -0.05) is 39.1 Å². The average Bonchev–Trinajstić information content (AvgIpc) is 3.04. The summed E-state index contributed by atoms with van der Waals surface area (Å²) in [6.45, 7) is 1.93. The zero-order chi connectivity index (χ0) is 18.7. The van der Waals surface area contributed by atoms with Gasteiger partial charge in [0, 0.05) is 26.8 Å². The van der Waals surface area contributed by atoms with E-state index in [2.05, 4.69) is 21.2 Å². The van der Waals surface area contributed by atoms with Gasteiger partial charge in [0.15, 0.2) is 0 Å². The number of aryl methyl sites for hydroxylation is 1. The summed E-state index contributed by atoms with van der Waals surface area (Å²) >= 11 is 15.5. The first-order valence-corrected chi connectivity index (χ1v) is 9.28. The van der Waals surface area contributed by atoms with Crippen LogP contribution in [0.3, 0.4) is 0 Å². The lowest BCUT2D eigenvalue weighted by atomic mass is 10.2. The van der Waals surface area contributed by atoms with Gasteiger partial charge in [0.05, 0.1) is 5.02 Å². The molecule has 0 atom stereocenters. The van der Waals surface area contributed by atoms with Crippen LogP contribution in [0.1, 0.15) is 11.3 Å². The number of hydrogen-bond acceptors (Lipinski definition) is 2. The van der Waals surface area contributed by atoms with Crippen molar-refractivity contribution in [2.75, 3.05) is 5.32 Å². The first kappa shape index (κ1) is 18.8. The van der Waals surface area contributed by atoms with E-state index >= 15 is 0 Å². The van der Waals surface area contributed by atoms with Gasteiger partial charge in [-0.05, 0) is 67.1 Å². The Labute approximate surface area is 169 Å². The van der Waals surface area contributed by atoms with Crippen molar-refractivity contribution in [3.8, 4) is 11.3 Å². The van der Waals surface area contributed by atoms with Gasteiger partial charge in [-0.3, -0.25) is 4.79 Å². The highest BCUT2D eigenvalue weighted by atomic mass is 79.9. The fourth-order valence-corrected chi connectivity index (χ4v) is 3.35. The van der Waals surface area contributed by atoms with E-state index in [1.165, 1.54) is 6.08 Å². The molecule has 0 saturated carbocycles. The lowest BCUT2D eigenvalue weighted by Gasteiger charge is -2.06. The number of nitrogens with one attached hydrogen (secondary N) is 1. The molecule has 0 aliphatic rings. The zero-order valence-electron chi connectivity index (χ0n) is 13.7. The molecule has 0 aliphatic heterocycles. The summed E-state index contributed by atoms with van der Waals surface area (Å²) in [6, 6.07) is 14.4. The minimum Gasteiger partial charge on any atom is -0.457 e. The Bertz CT molecular complexity index is 995. The van der Waals surface area contributed by atoms with Gasteiger partial charge in [0.2, 0.25) is 5.91 Å². The molecule has 0 saturated heterocycles. The summed E-state index contributed by atoms with van der Waals surface area (Å²) in [5.74, 6) is 0.919. The summed E-state index contributed by atoms with van der Waals surface area (Å²) in [6.07, 6.45) is 3.03. The number of carbonyl (C=O) groups excluding carboxylic acids is 1. The molecule has 3 rings (SSSR count). The molecule has 0 fully saturated rings. The molecule has 3 aromatic rings. The van der Waals surface area contributed by atoms with Crippen LogP contribution in [0.4, 0.5) is 5.69 Å². The fourth-order valence-electron chi connectivity index (χ4n) is 2.38. The van der Waals surface area contributed by atoms with Crippen molar-refractivity contribution in [1.82, 2.24) is 0 Å². The number of rotatable bonds is 4. The molecule has 0 radical (unpaired) electrons. The summed E-state index contributed by atoms with van der Waals surface area (Å²) in [5.41, 5.74) is 2.47. The van der Waals surface area contributed by atoms with E-state index < -0.39 is 0 Å². The molecular formula is C20H14BrCl2NO2. The summed E-state index contributed by atoms with van der Waals surface area (Å²) in [7, 11) is 0. The minimum absolute atomic E-state index is 0.238. The van der Waals surface area contributed by atoms with Crippen molar-refractivity contribution < 1.29 is 9.21 Å². The number of carbonyl (C=O) groups is 1. The maximum atomic E-state index is 12.1. The Morgan fingerprint density at radius 3 is 2.65 bits per heavy atom. The molecule has 0 aliphatic carbocycles. The Morgan fingerprint density at radius 2 is 1.92 bits per heavy atom. The topological polar surface area (TPSA) is 42.2 Å². The van der Waals surface area contributed by atoms with Crippen molar-refractivity contribution in [1.29, 1.82) is 0 Å². The van der Waals surface area contributed by atoms with E-state index in [0.29, 0.717) is 21.6 Å². The monoisotopic (exact) mass is 449 g/mol. The Kier molecular flexibility index (Phi) is 5.87. The summed E-state index contributed by atoms with van der Waals surface area (Å²) in [5, 5.41) is 3.90. The van der Waals surface area contributed by atoms with Crippen LogP contribution in [0.15, 0.2) is 63.5 Å². The highest BCUT2D eigenvalue weighted by Gasteiger charge is 2.09. The van der Waals surface area contributed by atoms with Crippen molar-refractivity contribution in [3.63, 3.8) is 0 Å². The smallest absolute Gasteiger partial charge is 0.248 e. The predicted molar refractivity (Wildman–Crippen MR) is 111 cm³/mol. The first-order valence-electron chi connectivity index (χ1n) is 7.73. The SMILES string of the molecule is Cc1cc(Br)ccc1NC(=O)/C=C/c1ccc(-c2ccc(Cl)cc2Cl)o1. The van der Waals surface area contributed by atoms with Crippen LogP contribution in [0.2, 0.25) is 10.0 Å². The third kappa shape index (κ3) is 4.58. The molecule has 1 amide bonds. The first-order chi connectivity index (χ1) is 12.4. The molecule has 0 unspecified atom stereocenters. The van der Waals surface area contributed by atoms with Crippen LogP contribution < -0.4 is 5.32 Å². The predicted octanol–water partition coefficient (Wildman–Crippen LogP) is 6.98. The van der Waals surface area contributed by atoms with Crippen molar-refractivity contribution >= 4 is 56.8 Å². The van der Waals surface area contributed by atoms with E-state index in [0.717, 1.165) is 21.3 Å². The minimum atomic E-state index is -0.238. The van der Waals surface area contributed by atoms with Gasteiger partial charge in [0.25, 0.3) is 0 Å². The van der Waals surface area contributed by atoms with Crippen LogP contribution in [0.5, 0.6) is 0 Å². The van der Waals surface area contributed by atoms with Gasteiger partial charge in [0.1, 0.15) is 11.5 Å². The summed E-state index contributed by atoms with van der Waals surface area (Å²) < 4.78 is 6.70. The summed E-state index contributed by atoms with van der Waals surface area (Å²) in [4.78, 5) is 12.1. The van der Waals surface area contributed by atoms with Gasteiger partial charge in [-0.15, -0.1) is 0 Å². The fraction of sp³-hybridized carbons (Fsp3) is 0.0500. The lowest BCUT2D eigenvalue weighted by Crippen LogP contribution is -2.08. The number of hydrogen-bond donors (Lipinski definition) is 1. The Balaban J connectivity index is 1.71. The molecule has 132 valence electrons. The third-order valence-electron chi connectivity index (χ3n) is 3.67. The van der Waals surface area contributed by atoms with Crippen LogP contribution >= 0.6 is 39.1 Å². The quantitative estimate of drug-likeness (QED) is 0.435. The van der Waals surface area contributed by atoms with Gasteiger partial charge < -0.3 is 9.73 Å². The number of halogens is 3. The Morgan fingerprint density at radius 1 is 1.12 bits per heavy atom. The van der Waals surface area contributed by atoms with Crippen molar-refractivity contribution in [3.05, 3.63) is 80.4 Å². The van der Waals surface area contributed by atoms with E-state index in [9.17, 15) is 4.79 Å². The maximum Gasteiger partial charge on any atom is 0.248 e. The molecule has 6 heteroatoms. The number of furan rings is 1. The molecule has 26 heavy (non-hydrogen) atoms. The van der Waals surface area contributed by atoms with Crippen LogP contribution in [-0.4, -0.2) is 5.91 Å². The lowest BCUT2D eigenvalue weighted by molar-refractivity contribution is -0.111. The molecule has 1 N–H and O–H groups in total. The Hall–Kier alpha value is -2.01. The van der Waals surface area contributed by atoms with Crippen LogP contribution in [0.25, 0.3) is 17.4 Å². The van der Waals surface area contributed by atoms with E-state index in [1.54, 1.807) is 36.4 Å². The zero-order valence-corrected chi connectivity index (χ0v) is 16.8. The van der Waals surface area contributed by atoms with Gasteiger partial charge in [-0.25, -0.2) is 0 Å². The van der Waals surface area contributed by atoms with Crippen LogP contribution in [-0.2, 0) is 4.79 Å². The molecular weight excluding hydrogens is 437 g/mol. The number of amides is 1. The van der Waals surface area contributed by atoms with E-state index in [-0.39, 0.29) is 5.91 Å². The molecule has 0 bridgehead atoms. The largest absolute Gasteiger partial charge is 0.457 e. The van der Waals surface area contributed by atoms with Crippen molar-refractivity contribution in [2.24, 2.45) is 0 Å². The normalized spacial score (nSPS) is 11.1. The van der Waals surface area contributed by atoms with E-state index in [1.807, 2.05) is 25.1 Å². The maximum absolute atomic E-state index is 12.1. The van der Waals surface area contributed by atoms with Crippen molar-refractivity contribution in [2.45, 2.75) is 6.92 Å². The second-order valence-electron chi connectivity index (χ2n) is 5.61. The molecule has 3 nitrogen and oxygen atoms in total. The average molecular weight is 451 g/mol. The van der Waals surface area contributed by atoms with E-state index in [4.69, 9.17) is 27.6 Å². The number of benzene rings is 2. The highest BCUT2D eigenvalue weighted by Crippen LogP contribution is 2.31. The highest BCUT2D eigenvalue weighted by molar-refractivity contribution is 9.10. The molecule has 0 spiro atoms. The third-order valence-corrected chi connectivity index (χ3v) is 4.71. The van der Waals surface area contributed by atoms with Gasteiger partial charge in [-0.2, -0.15) is 0 Å². The second-order valence-corrected chi connectivity index (χ2v) is 7.37. The number of anilines is 1. The second kappa shape index (κ2) is 8.12.